The number of fused-ring (bicyclic) bond motifs is 8. The van der Waals surface area contributed by atoms with Crippen molar-refractivity contribution >= 4 is 0 Å². The Balaban J connectivity index is 0.877. The highest BCUT2D eigenvalue weighted by Crippen LogP contribution is 2.61. The van der Waals surface area contributed by atoms with Crippen molar-refractivity contribution < 1.29 is 55.8 Å². The average Bonchev–Trinajstić information content (AvgIpc) is 0.714. The topological polar surface area (TPSA) is 113 Å². The number of hydrogen-bond donors (Lipinski definition) is 0. The lowest BCUT2D eigenvalue weighted by atomic mass is 9.74. The summed E-state index contributed by atoms with van der Waals surface area (Å²) in [5, 5.41) is 0. The molecule has 0 radical (unpaired) electrons. The first-order valence-electron chi connectivity index (χ1n) is 40.9. The van der Waals surface area contributed by atoms with Gasteiger partial charge in [-0.05, 0) is 49.9 Å². The summed E-state index contributed by atoms with van der Waals surface area (Å²) < 4.78 is 65.5. The predicted molar refractivity (Wildman–Crippen MR) is 389 cm³/mol. The fraction of sp³-hybridized carbons (Fsp3) is 0.700. The van der Waals surface area contributed by atoms with Gasteiger partial charge in [-0.15, -0.1) is 0 Å². The van der Waals surface area contributed by atoms with Crippen LogP contribution in [0.25, 0.3) is 0 Å². The number of ether oxygens (including phenoxy) is 8. The van der Waals surface area contributed by atoms with E-state index < -0.39 is 0 Å². The molecular formula is C80H116N16O8+4. The zero-order valence-electron chi connectivity index (χ0n) is 63.0. The first kappa shape index (κ1) is 66.8. The van der Waals surface area contributed by atoms with E-state index in [9.17, 15) is 0 Å². The molecular weight excluding hydrogens is 1310 g/mol. The minimum absolute atomic E-state index is 0.0650. The largest absolute Gasteiger partial charge is 0.457 e. The Labute approximate surface area is 616 Å². The van der Waals surface area contributed by atoms with Gasteiger partial charge >= 0.3 is 0 Å². The van der Waals surface area contributed by atoms with Crippen LogP contribution < -0.4 is 37.9 Å². The molecule has 0 aliphatic carbocycles. The molecule has 4 aromatic carbocycles. The molecule has 0 N–H and O–H groups in total. The van der Waals surface area contributed by atoms with Crippen LogP contribution in [0.5, 0.6) is 46.0 Å². The van der Waals surface area contributed by atoms with Crippen molar-refractivity contribution in [1.82, 2.24) is 58.8 Å². The van der Waals surface area contributed by atoms with E-state index >= 15 is 0 Å². The quantitative estimate of drug-likeness (QED) is 0.0490. The highest BCUT2D eigenvalue weighted by molar-refractivity contribution is 5.70. The molecule has 4 aromatic rings. The van der Waals surface area contributed by atoms with Gasteiger partial charge in [-0.2, -0.15) is 0 Å². The average molecular weight is 1430 g/mol. The second-order valence-electron chi connectivity index (χ2n) is 36.0. The van der Waals surface area contributed by atoms with Crippen LogP contribution in [-0.4, -0.2) is 264 Å². The summed E-state index contributed by atoms with van der Waals surface area (Å²) in [6, 6.07) is 10.7. The molecule has 16 saturated heterocycles. The minimum Gasteiger partial charge on any atom is -0.457 e. The van der Waals surface area contributed by atoms with Crippen molar-refractivity contribution in [3.63, 3.8) is 0 Å². The van der Waals surface area contributed by atoms with Gasteiger partial charge in [-0.25, -0.2) is 58.8 Å². The molecule has 0 unspecified atom stereocenters. The van der Waals surface area contributed by atoms with Crippen molar-refractivity contribution in [3.8, 4) is 46.0 Å². The summed E-state index contributed by atoms with van der Waals surface area (Å²) in [5.41, 5.74) is 15.1. The summed E-state index contributed by atoms with van der Waals surface area (Å²) >= 11 is 0. The number of benzene rings is 4. The number of quaternary nitrogens is 4. The van der Waals surface area contributed by atoms with Gasteiger partial charge in [0, 0.05) is 68.2 Å². The predicted octanol–water partition coefficient (Wildman–Crippen LogP) is 9.80. The van der Waals surface area contributed by atoms with Crippen LogP contribution in [0, 0.1) is 0 Å². The molecule has 16 fully saturated rings. The van der Waals surface area contributed by atoms with E-state index in [0.29, 0.717) is 0 Å². The lowest BCUT2D eigenvalue weighted by molar-refractivity contribution is -0.991. The summed E-state index contributed by atoms with van der Waals surface area (Å²) in [6.45, 7) is 36.8. The van der Waals surface area contributed by atoms with Crippen LogP contribution >= 0.6 is 0 Å². The maximum absolute atomic E-state index is 7.74. The Hall–Kier alpha value is -5.36. The molecule has 0 aromatic heterocycles. The maximum Gasteiger partial charge on any atom is 0.230 e. The van der Waals surface area contributed by atoms with Crippen LogP contribution in [-0.2, 0) is 26.2 Å². The Morgan fingerprint density at radius 3 is 0.538 bits per heavy atom. The summed E-state index contributed by atoms with van der Waals surface area (Å²) in [4.78, 5) is 32.0. The highest BCUT2D eigenvalue weighted by Gasteiger charge is 2.56. The smallest absolute Gasteiger partial charge is 0.230 e. The molecule has 24 heteroatoms. The highest BCUT2D eigenvalue weighted by atomic mass is 16.7. The van der Waals surface area contributed by atoms with Gasteiger partial charge in [0.15, 0.2) is 0 Å². The van der Waals surface area contributed by atoms with E-state index in [-0.39, 0.29) is 50.8 Å². The van der Waals surface area contributed by atoms with Gasteiger partial charge in [0.2, 0.25) is 27.2 Å². The van der Waals surface area contributed by atoms with Crippen molar-refractivity contribution in [2.45, 2.75) is 180 Å². The van der Waals surface area contributed by atoms with Gasteiger partial charge in [0.25, 0.3) is 0 Å². The van der Waals surface area contributed by atoms with Crippen molar-refractivity contribution in [2.24, 2.45) is 0 Å². The normalized spacial score (nSPS) is 37.9. The van der Waals surface area contributed by atoms with Gasteiger partial charge in [0.1, 0.15) is 152 Å². The van der Waals surface area contributed by atoms with Crippen LogP contribution in [0.4, 0.5) is 0 Å². The Morgan fingerprint density at radius 2 is 0.394 bits per heavy atom. The van der Waals surface area contributed by atoms with E-state index in [1.807, 2.05) is 0 Å². The zero-order valence-corrected chi connectivity index (χ0v) is 63.0. The second-order valence-corrected chi connectivity index (χ2v) is 36.0. The van der Waals surface area contributed by atoms with Gasteiger partial charge in [-0.1, -0.05) is 105 Å². The molecule has 0 atom stereocenters. The molecule has 20 aliphatic rings. The van der Waals surface area contributed by atoms with E-state index in [1.165, 1.54) is 66.8 Å². The van der Waals surface area contributed by atoms with E-state index in [1.54, 1.807) is 0 Å². The van der Waals surface area contributed by atoms with Gasteiger partial charge in [0.05, 0.1) is 102 Å². The summed E-state index contributed by atoms with van der Waals surface area (Å²) in [7, 11) is 0. The molecule has 24 nitrogen and oxygen atoms in total. The second kappa shape index (κ2) is 26.2. The fourth-order valence-corrected chi connectivity index (χ4v) is 24.5. The van der Waals surface area contributed by atoms with E-state index in [4.69, 9.17) is 37.9 Å². The van der Waals surface area contributed by atoms with Crippen molar-refractivity contribution in [2.75, 3.05) is 187 Å². The van der Waals surface area contributed by atoms with Gasteiger partial charge in [-0.3, -0.25) is 17.9 Å². The number of unbranched alkanes of at least 4 members (excludes halogenated alkanes) is 8. The standard InChI is InChI=1S/C80H116N16O8/c1-5-9-13-17-57-61-21-63-58(18-14-10-6-2)65-23-67-60(20-16-12-8-4)68-24-66-59(19-15-11-7-3)64-22-62(57)74-70(26-94-44-84-32-85(45-94)34-86(33-84)46-94)76(64)100-55-102-78(66)72(28-96-50-90-38-91(51-96)40-92(39-90)52-96)80(68)104-56-103-79(67)71(27-95-47-87-35-88(48-95)37-89(36-87)49-95)77(65)101-54-99-75(63)69(73(61)97-53-98-74)25-93-41-81-29-82(42-93)31-83(30-81)43-93/h21-24,57-60H,5-20,25-56H2,1-4H3/q+4. The first-order chi connectivity index (χ1) is 51.0. The van der Waals surface area contributed by atoms with Gasteiger partial charge < -0.3 is 37.9 Å². The van der Waals surface area contributed by atoms with Crippen LogP contribution in [0.3, 0.4) is 0 Å². The van der Waals surface area contributed by atoms with E-state index in [2.05, 4.69) is 111 Å². The third-order valence-corrected chi connectivity index (χ3v) is 27.3. The van der Waals surface area contributed by atoms with E-state index in [0.717, 1.165) is 353 Å². The maximum atomic E-state index is 7.74. The molecule has 24 rings (SSSR count). The van der Waals surface area contributed by atoms with Crippen LogP contribution in [0.2, 0.25) is 0 Å². The molecule has 104 heavy (non-hydrogen) atoms. The molecule has 0 saturated carbocycles. The monoisotopic (exact) mass is 1430 g/mol. The molecule has 20 aliphatic heterocycles. The number of hydrogen-bond acceptors (Lipinski definition) is 20. The number of nitrogens with zero attached hydrogens (tertiary/aromatic N) is 16. The Kier molecular flexibility index (Phi) is 16.8. The summed E-state index contributed by atoms with van der Waals surface area (Å²) in [5.74, 6) is 7.36. The minimum atomic E-state index is -0.0814. The van der Waals surface area contributed by atoms with Crippen molar-refractivity contribution in [1.29, 1.82) is 0 Å². The SMILES string of the molecule is CCCCCC1c2cc3c4c(C[N+]56CN7CN(CN(C7)C5)C6)c2OCOc2c1cc1c(c2C[N+]25CN6CN(CN(C6)C2)C5)OCOc2c(cc5c(c2C[N+]26CN7CN(CN(C7)C2)C6)OCOc2c(cc(c(c2C[N+]26CN7CN(CN(C7)C2)C6)OCO4)C3CCCCC)C5CCCCC)C1CCCCC. The first-order valence-corrected chi connectivity index (χ1v) is 40.9. The Morgan fingerprint density at radius 1 is 0.240 bits per heavy atom. The fourth-order valence-electron chi connectivity index (χ4n) is 24.5. The van der Waals surface area contributed by atoms with Crippen LogP contribution in [0.1, 0.15) is 221 Å². The summed E-state index contributed by atoms with van der Waals surface area (Å²) in [6.07, 6.45) is 17.1. The molecule has 560 valence electrons. The zero-order chi connectivity index (χ0) is 69.2. The Bertz CT molecular complexity index is 3240. The van der Waals surface area contributed by atoms with Crippen molar-refractivity contribution in [3.05, 3.63) is 91.0 Å². The molecule has 0 spiro atoms. The number of rotatable bonds is 24. The van der Waals surface area contributed by atoms with Crippen LogP contribution in [0.15, 0.2) is 24.3 Å². The molecule has 16 bridgehead atoms. The molecule has 20 heterocycles. The lowest BCUT2D eigenvalue weighted by Crippen LogP contribution is -2.78. The third-order valence-electron chi connectivity index (χ3n) is 27.3. The lowest BCUT2D eigenvalue weighted by Gasteiger charge is -2.61. The molecule has 0 amide bonds. The third kappa shape index (κ3) is 11.4.